The van der Waals surface area contributed by atoms with Crippen LogP contribution in [0.1, 0.15) is 29.8 Å². The fourth-order valence-electron chi connectivity index (χ4n) is 3.27. The Labute approximate surface area is 111 Å². The van der Waals surface area contributed by atoms with Gasteiger partial charge in [0.1, 0.15) is 5.69 Å². The smallest absolute Gasteiger partial charge is 0.311 e. The number of pyridine rings is 1. The first-order valence-electron chi connectivity index (χ1n) is 6.49. The zero-order valence-corrected chi connectivity index (χ0v) is 10.8. The van der Waals surface area contributed by atoms with Gasteiger partial charge in [-0.1, -0.05) is 6.07 Å². The first-order chi connectivity index (χ1) is 9.17. The van der Waals surface area contributed by atoms with Crippen LogP contribution in [0.15, 0.2) is 24.4 Å². The number of rotatable bonds is 3. The van der Waals surface area contributed by atoms with Crippen molar-refractivity contribution >= 4 is 11.8 Å². The van der Waals surface area contributed by atoms with E-state index in [0.717, 1.165) is 6.42 Å². The van der Waals surface area contributed by atoms with Gasteiger partial charge < -0.3 is 10.1 Å². The molecule has 3 unspecified atom stereocenters. The predicted molar refractivity (Wildman–Crippen MR) is 67.6 cm³/mol. The van der Waals surface area contributed by atoms with Crippen molar-refractivity contribution in [2.24, 2.45) is 5.92 Å². The summed E-state index contributed by atoms with van der Waals surface area (Å²) in [4.78, 5) is 28.7. The summed E-state index contributed by atoms with van der Waals surface area (Å²) < 4.78 is 4.84. The summed E-state index contributed by atoms with van der Waals surface area (Å²) in [6, 6.07) is 5.58. The van der Waals surface area contributed by atoms with Crippen LogP contribution >= 0.6 is 0 Å². The molecule has 1 aromatic rings. The van der Waals surface area contributed by atoms with Crippen LogP contribution < -0.4 is 5.32 Å². The molecule has 0 aromatic carbocycles. The minimum Gasteiger partial charge on any atom is -0.469 e. The Morgan fingerprint density at radius 1 is 1.42 bits per heavy atom. The topological polar surface area (TPSA) is 68.3 Å². The average Bonchev–Trinajstić information content (AvgIpc) is 2.45. The number of aromatic nitrogens is 1. The second kappa shape index (κ2) is 4.42. The third-order valence-electron chi connectivity index (χ3n) is 4.22. The third-order valence-corrected chi connectivity index (χ3v) is 4.22. The maximum Gasteiger partial charge on any atom is 0.311 e. The lowest BCUT2D eigenvalue weighted by Gasteiger charge is -2.55. The molecule has 5 nitrogen and oxygen atoms in total. The molecular weight excluding hydrogens is 244 g/mol. The van der Waals surface area contributed by atoms with Crippen LogP contribution in [0.3, 0.4) is 0 Å². The first-order valence-corrected chi connectivity index (χ1v) is 6.49. The molecule has 3 atom stereocenters. The molecule has 1 aliphatic carbocycles. The number of carbonyl (C=O) groups excluding carboxylic acids is 2. The number of nitrogens with zero attached hydrogens (tertiary/aromatic N) is 1. The predicted octanol–water partition coefficient (Wildman–Crippen LogP) is 0.948. The summed E-state index contributed by atoms with van der Waals surface area (Å²) in [5.74, 6) is -0.814. The van der Waals surface area contributed by atoms with Crippen LogP contribution in [0.2, 0.25) is 0 Å². The maximum absolute atomic E-state index is 12.7. The molecule has 1 N–H and O–H groups in total. The van der Waals surface area contributed by atoms with E-state index >= 15 is 0 Å². The Hall–Kier alpha value is -1.75. The second-order valence-electron chi connectivity index (χ2n) is 5.21. The molecule has 5 heteroatoms. The molecule has 0 amide bonds. The lowest BCUT2D eigenvalue weighted by atomic mass is 9.61. The minimum atomic E-state index is -0.801. The van der Waals surface area contributed by atoms with Gasteiger partial charge in [0.15, 0.2) is 0 Å². The van der Waals surface area contributed by atoms with E-state index in [1.54, 1.807) is 24.4 Å². The molecule has 100 valence electrons. The van der Waals surface area contributed by atoms with Crippen molar-refractivity contribution in [1.82, 2.24) is 10.3 Å². The van der Waals surface area contributed by atoms with Gasteiger partial charge in [-0.2, -0.15) is 0 Å². The molecule has 3 heterocycles. The van der Waals surface area contributed by atoms with Gasteiger partial charge in [-0.3, -0.25) is 14.6 Å². The fraction of sp³-hybridized carbons (Fsp3) is 0.500. The summed E-state index contributed by atoms with van der Waals surface area (Å²) in [6.07, 6.45) is 3.90. The highest BCUT2D eigenvalue weighted by Crippen LogP contribution is 2.44. The molecule has 0 spiro atoms. The number of ether oxygens (including phenoxy) is 1. The van der Waals surface area contributed by atoms with Crippen molar-refractivity contribution in [3.05, 3.63) is 30.1 Å². The van der Waals surface area contributed by atoms with E-state index in [2.05, 4.69) is 10.3 Å². The van der Waals surface area contributed by atoms with Crippen molar-refractivity contribution in [3.8, 4) is 0 Å². The van der Waals surface area contributed by atoms with Crippen molar-refractivity contribution in [1.29, 1.82) is 0 Å². The van der Waals surface area contributed by atoms with E-state index in [4.69, 9.17) is 4.74 Å². The van der Waals surface area contributed by atoms with E-state index in [9.17, 15) is 9.59 Å². The van der Waals surface area contributed by atoms with Gasteiger partial charge >= 0.3 is 5.97 Å². The van der Waals surface area contributed by atoms with Crippen LogP contribution in [-0.4, -0.2) is 35.4 Å². The van der Waals surface area contributed by atoms with E-state index in [0.29, 0.717) is 24.6 Å². The number of methoxy groups -OCH3 is 1. The van der Waals surface area contributed by atoms with Crippen molar-refractivity contribution in [2.75, 3.05) is 7.11 Å². The minimum absolute atomic E-state index is 0.0977. The lowest BCUT2D eigenvalue weighted by molar-refractivity contribution is -0.152. The van der Waals surface area contributed by atoms with E-state index < -0.39 is 11.5 Å². The Morgan fingerprint density at radius 3 is 2.84 bits per heavy atom. The highest BCUT2D eigenvalue weighted by molar-refractivity contribution is 6.05. The summed E-state index contributed by atoms with van der Waals surface area (Å²) in [5, 5.41) is 3.27. The quantitative estimate of drug-likeness (QED) is 0.647. The Balaban J connectivity index is 1.93. The average molecular weight is 260 g/mol. The number of nitrogens with one attached hydrogen (secondary N) is 1. The van der Waals surface area contributed by atoms with Gasteiger partial charge in [-0.15, -0.1) is 0 Å². The van der Waals surface area contributed by atoms with Crippen LogP contribution in [0.5, 0.6) is 0 Å². The number of hydrogen-bond acceptors (Lipinski definition) is 5. The second-order valence-corrected chi connectivity index (χ2v) is 5.21. The number of Topliss-reactive ketones (excluding diaryl/α,β-unsaturated/α-hetero) is 1. The Kier molecular flexibility index (Phi) is 2.86. The highest BCUT2D eigenvalue weighted by Gasteiger charge is 2.60. The summed E-state index contributed by atoms with van der Waals surface area (Å²) in [5.41, 5.74) is -0.395. The molecule has 0 radical (unpaired) electrons. The number of hydrogen-bond donors (Lipinski definition) is 1. The Bertz CT molecular complexity index is 509. The molecule has 19 heavy (non-hydrogen) atoms. The number of ketones is 1. The molecular formula is C14H16N2O3. The van der Waals surface area contributed by atoms with E-state index in [1.807, 2.05) is 0 Å². The first kappa shape index (κ1) is 12.3. The van der Waals surface area contributed by atoms with Gasteiger partial charge in [0.05, 0.1) is 18.6 Å². The maximum atomic E-state index is 12.7. The number of esters is 1. The molecule has 2 saturated heterocycles. The molecule has 2 aliphatic heterocycles. The van der Waals surface area contributed by atoms with Crippen molar-refractivity contribution in [3.63, 3.8) is 0 Å². The largest absolute Gasteiger partial charge is 0.469 e. The number of fused-ring (bicyclic) bond motifs is 2. The lowest BCUT2D eigenvalue weighted by Crippen LogP contribution is -2.75. The van der Waals surface area contributed by atoms with Crippen LogP contribution in [-0.2, 0) is 9.53 Å². The Morgan fingerprint density at radius 2 is 2.21 bits per heavy atom. The normalized spacial score (nSPS) is 32.3. The molecule has 3 aliphatic rings. The molecule has 4 rings (SSSR count). The zero-order chi connectivity index (χ0) is 13.5. The summed E-state index contributed by atoms with van der Waals surface area (Å²) in [7, 11) is 1.37. The van der Waals surface area contributed by atoms with E-state index in [-0.39, 0.29) is 11.8 Å². The molecule has 1 aromatic heterocycles. The van der Waals surface area contributed by atoms with Crippen molar-refractivity contribution in [2.45, 2.75) is 30.8 Å². The van der Waals surface area contributed by atoms with E-state index in [1.165, 1.54) is 7.11 Å². The van der Waals surface area contributed by atoms with Crippen LogP contribution in [0, 0.1) is 5.92 Å². The summed E-state index contributed by atoms with van der Waals surface area (Å²) in [6.45, 7) is 0. The monoisotopic (exact) mass is 260 g/mol. The standard InChI is InChI=1S/C14H16N2O3/c1-19-13(18)10-6-5-9-8-14(10,16-9)12(17)11-4-2-3-7-15-11/h2-4,7,9-10,16H,5-6,8H2,1H3. The van der Waals surface area contributed by atoms with Gasteiger partial charge in [-0.25, -0.2) is 0 Å². The fourth-order valence-corrected chi connectivity index (χ4v) is 3.27. The summed E-state index contributed by atoms with van der Waals surface area (Å²) >= 11 is 0. The van der Waals surface area contributed by atoms with Gasteiger partial charge in [0.2, 0.25) is 5.78 Å². The third kappa shape index (κ3) is 1.76. The molecule has 3 fully saturated rings. The van der Waals surface area contributed by atoms with Gasteiger partial charge in [0.25, 0.3) is 0 Å². The number of carbonyl (C=O) groups is 2. The van der Waals surface area contributed by atoms with Crippen molar-refractivity contribution < 1.29 is 14.3 Å². The highest BCUT2D eigenvalue weighted by atomic mass is 16.5. The molecule has 1 saturated carbocycles. The zero-order valence-electron chi connectivity index (χ0n) is 10.8. The SMILES string of the molecule is COC(=O)C1CCC2CC1(C(=O)c1ccccn1)N2. The van der Waals surface area contributed by atoms with Gasteiger partial charge in [0, 0.05) is 12.2 Å². The van der Waals surface area contributed by atoms with Gasteiger partial charge in [-0.05, 0) is 31.4 Å². The van der Waals surface area contributed by atoms with Crippen LogP contribution in [0.25, 0.3) is 0 Å². The number of piperidine rings is 1. The molecule has 2 bridgehead atoms. The van der Waals surface area contributed by atoms with Crippen LogP contribution in [0.4, 0.5) is 0 Å².